The third kappa shape index (κ3) is 4.72. The van der Waals surface area contributed by atoms with Crippen LogP contribution in [-0.2, 0) is 6.42 Å². The summed E-state index contributed by atoms with van der Waals surface area (Å²) < 4.78 is 5.95. The molecule has 0 aliphatic heterocycles. The Morgan fingerprint density at radius 1 is 1.38 bits per heavy atom. The standard InChI is InChI=1S/C18H29NO2/c1-4-12-19-16-9-5-8-15-14(16)7-6-10-17(15)21-13-11-18(2,3)20/h6-7,10,16,19-20H,4-5,8-9,11-13H2,1-3H3. The van der Waals surface area contributed by atoms with Crippen LogP contribution in [0.5, 0.6) is 5.75 Å². The molecular weight excluding hydrogens is 262 g/mol. The van der Waals surface area contributed by atoms with Gasteiger partial charge in [-0.3, -0.25) is 0 Å². The molecule has 0 radical (unpaired) electrons. The summed E-state index contributed by atoms with van der Waals surface area (Å²) in [5.74, 6) is 1.000. The molecule has 21 heavy (non-hydrogen) atoms. The maximum atomic E-state index is 9.78. The zero-order valence-electron chi connectivity index (χ0n) is 13.6. The normalized spacial score (nSPS) is 18.4. The molecule has 3 heteroatoms. The van der Waals surface area contributed by atoms with Crippen LogP contribution in [-0.4, -0.2) is 23.9 Å². The second-order valence-electron chi connectivity index (χ2n) is 6.63. The first-order valence-corrected chi connectivity index (χ1v) is 8.21. The van der Waals surface area contributed by atoms with Gasteiger partial charge in [-0.2, -0.15) is 0 Å². The highest BCUT2D eigenvalue weighted by Gasteiger charge is 2.22. The molecule has 1 aromatic carbocycles. The van der Waals surface area contributed by atoms with Gasteiger partial charge < -0.3 is 15.2 Å². The van der Waals surface area contributed by atoms with E-state index in [9.17, 15) is 5.11 Å². The molecule has 0 aromatic heterocycles. The number of rotatable bonds is 7. The maximum Gasteiger partial charge on any atom is 0.122 e. The number of hydrogen-bond donors (Lipinski definition) is 2. The van der Waals surface area contributed by atoms with Crippen LogP contribution in [0.3, 0.4) is 0 Å². The van der Waals surface area contributed by atoms with E-state index in [1.54, 1.807) is 0 Å². The average Bonchev–Trinajstić information content (AvgIpc) is 2.44. The molecule has 0 fully saturated rings. The lowest BCUT2D eigenvalue weighted by molar-refractivity contribution is 0.0551. The maximum absolute atomic E-state index is 9.78. The van der Waals surface area contributed by atoms with Crippen molar-refractivity contribution in [3.05, 3.63) is 29.3 Å². The van der Waals surface area contributed by atoms with Crippen molar-refractivity contribution in [1.82, 2.24) is 5.32 Å². The van der Waals surface area contributed by atoms with Crippen LogP contribution in [0.2, 0.25) is 0 Å². The molecule has 1 aliphatic rings. The zero-order chi connectivity index (χ0) is 15.3. The third-order valence-corrected chi connectivity index (χ3v) is 4.08. The Bertz CT molecular complexity index is 451. The summed E-state index contributed by atoms with van der Waals surface area (Å²) in [7, 11) is 0. The van der Waals surface area contributed by atoms with Crippen molar-refractivity contribution in [3.63, 3.8) is 0 Å². The highest BCUT2D eigenvalue weighted by molar-refractivity contribution is 5.43. The molecular formula is C18H29NO2. The monoisotopic (exact) mass is 291 g/mol. The third-order valence-electron chi connectivity index (χ3n) is 4.08. The van der Waals surface area contributed by atoms with Crippen molar-refractivity contribution in [1.29, 1.82) is 0 Å². The largest absolute Gasteiger partial charge is 0.493 e. The number of benzene rings is 1. The van der Waals surface area contributed by atoms with Crippen LogP contribution in [0, 0.1) is 0 Å². The van der Waals surface area contributed by atoms with E-state index in [-0.39, 0.29) is 0 Å². The number of aliphatic hydroxyl groups is 1. The van der Waals surface area contributed by atoms with Gasteiger partial charge in [-0.15, -0.1) is 0 Å². The van der Waals surface area contributed by atoms with E-state index < -0.39 is 5.60 Å². The van der Waals surface area contributed by atoms with Gasteiger partial charge in [0.05, 0.1) is 12.2 Å². The van der Waals surface area contributed by atoms with Crippen LogP contribution < -0.4 is 10.1 Å². The fourth-order valence-electron chi connectivity index (χ4n) is 2.89. The highest BCUT2D eigenvalue weighted by Crippen LogP contribution is 2.35. The molecule has 1 unspecified atom stereocenters. The minimum atomic E-state index is -0.667. The van der Waals surface area contributed by atoms with E-state index >= 15 is 0 Å². The lowest BCUT2D eigenvalue weighted by Crippen LogP contribution is -2.26. The molecule has 0 bridgehead atoms. The highest BCUT2D eigenvalue weighted by atomic mass is 16.5. The van der Waals surface area contributed by atoms with Crippen molar-refractivity contribution in [3.8, 4) is 5.75 Å². The Balaban J connectivity index is 2.06. The zero-order valence-corrected chi connectivity index (χ0v) is 13.6. The number of nitrogens with one attached hydrogen (secondary N) is 1. The first-order chi connectivity index (χ1) is 10.0. The molecule has 0 saturated carbocycles. The molecule has 0 amide bonds. The number of fused-ring (bicyclic) bond motifs is 1. The van der Waals surface area contributed by atoms with Crippen LogP contribution in [0.1, 0.15) is 63.6 Å². The lowest BCUT2D eigenvalue weighted by Gasteiger charge is -2.28. The Morgan fingerprint density at radius 2 is 2.19 bits per heavy atom. The quantitative estimate of drug-likeness (QED) is 0.806. The number of hydrogen-bond acceptors (Lipinski definition) is 3. The van der Waals surface area contributed by atoms with Crippen LogP contribution >= 0.6 is 0 Å². The predicted molar refractivity (Wildman–Crippen MR) is 86.8 cm³/mol. The lowest BCUT2D eigenvalue weighted by atomic mass is 9.87. The van der Waals surface area contributed by atoms with Gasteiger partial charge in [-0.1, -0.05) is 19.1 Å². The molecule has 2 rings (SSSR count). The SMILES string of the molecule is CCCNC1CCCc2c(OCCC(C)(C)O)cccc21. The summed E-state index contributed by atoms with van der Waals surface area (Å²) in [6.45, 7) is 7.47. The molecule has 118 valence electrons. The summed E-state index contributed by atoms with van der Waals surface area (Å²) in [5.41, 5.74) is 2.09. The van der Waals surface area contributed by atoms with E-state index in [0.29, 0.717) is 19.1 Å². The van der Waals surface area contributed by atoms with E-state index in [2.05, 4.69) is 30.4 Å². The summed E-state index contributed by atoms with van der Waals surface area (Å²) in [6.07, 6.45) is 5.32. The first-order valence-electron chi connectivity index (χ1n) is 8.21. The van der Waals surface area contributed by atoms with Gasteiger partial charge in [-0.25, -0.2) is 0 Å². The number of ether oxygens (including phenoxy) is 1. The van der Waals surface area contributed by atoms with Crippen LogP contribution in [0.15, 0.2) is 18.2 Å². The van der Waals surface area contributed by atoms with Crippen molar-refractivity contribution in [2.45, 2.75) is 64.5 Å². The average molecular weight is 291 g/mol. The van der Waals surface area contributed by atoms with Crippen molar-refractivity contribution >= 4 is 0 Å². The first kappa shape index (κ1) is 16.3. The van der Waals surface area contributed by atoms with E-state index in [0.717, 1.165) is 25.1 Å². The van der Waals surface area contributed by atoms with Gasteiger partial charge in [0.2, 0.25) is 0 Å². The van der Waals surface area contributed by atoms with E-state index in [1.165, 1.54) is 24.0 Å². The summed E-state index contributed by atoms with van der Waals surface area (Å²) >= 11 is 0. The Kier molecular flexibility index (Phi) is 5.65. The van der Waals surface area contributed by atoms with Gasteiger partial charge >= 0.3 is 0 Å². The minimum Gasteiger partial charge on any atom is -0.493 e. The Hall–Kier alpha value is -1.06. The van der Waals surface area contributed by atoms with E-state index in [4.69, 9.17) is 4.74 Å². The topological polar surface area (TPSA) is 41.5 Å². The molecule has 1 aromatic rings. The fourth-order valence-corrected chi connectivity index (χ4v) is 2.89. The Morgan fingerprint density at radius 3 is 2.90 bits per heavy atom. The molecule has 0 saturated heterocycles. The van der Waals surface area contributed by atoms with Gasteiger partial charge in [-0.05, 0) is 63.3 Å². The fraction of sp³-hybridized carbons (Fsp3) is 0.667. The van der Waals surface area contributed by atoms with Gasteiger partial charge in [0, 0.05) is 12.5 Å². The summed E-state index contributed by atoms with van der Waals surface area (Å²) in [6, 6.07) is 6.84. The molecule has 1 atom stereocenters. The van der Waals surface area contributed by atoms with Crippen LogP contribution in [0.25, 0.3) is 0 Å². The van der Waals surface area contributed by atoms with Gasteiger partial charge in [0.1, 0.15) is 5.75 Å². The van der Waals surface area contributed by atoms with Crippen molar-refractivity contribution in [2.75, 3.05) is 13.2 Å². The molecule has 0 heterocycles. The summed E-state index contributed by atoms with van der Waals surface area (Å²) in [4.78, 5) is 0. The van der Waals surface area contributed by atoms with Crippen molar-refractivity contribution in [2.24, 2.45) is 0 Å². The second-order valence-corrected chi connectivity index (χ2v) is 6.63. The Labute approximate surface area is 128 Å². The smallest absolute Gasteiger partial charge is 0.122 e. The molecule has 3 nitrogen and oxygen atoms in total. The van der Waals surface area contributed by atoms with Gasteiger partial charge in [0.15, 0.2) is 0 Å². The second kappa shape index (κ2) is 7.28. The van der Waals surface area contributed by atoms with Crippen LogP contribution in [0.4, 0.5) is 0 Å². The predicted octanol–water partition coefficient (Wildman–Crippen LogP) is 3.60. The molecule has 2 N–H and O–H groups in total. The minimum absolute atomic E-state index is 0.464. The summed E-state index contributed by atoms with van der Waals surface area (Å²) in [5, 5.41) is 13.4. The molecule has 0 spiro atoms. The van der Waals surface area contributed by atoms with Crippen molar-refractivity contribution < 1.29 is 9.84 Å². The molecule has 1 aliphatic carbocycles. The van der Waals surface area contributed by atoms with E-state index in [1.807, 2.05) is 13.8 Å². The van der Waals surface area contributed by atoms with Gasteiger partial charge in [0.25, 0.3) is 0 Å².